The summed E-state index contributed by atoms with van der Waals surface area (Å²) >= 11 is 0. The first-order valence-electron chi connectivity index (χ1n) is 9.72. The number of halogens is 1. The molecule has 0 saturated carbocycles. The maximum atomic E-state index is 4.71. The van der Waals surface area contributed by atoms with Crippen LogP contribution < -0.4 is 10.6 Å². The van der Waals surface area contributed by atoms with E-state index in [4.69, 9.17) is 4.99 Å². The van der Waals surface area contributed by atoms with Crippen molar-refractivity contribution in [1.29, 1.82) is 0 Å². The molecule has 3 heterocycles. The van der Waals surface area contributed by atoms with Crippen molar-refractivity contribution in [3.63, 3.8) is 0 Å². The van der Waals surface area contributed by atoms with Gasteiger partial charge in [0.1, 0.15) is 6.54 Å². The molecule has 150 valence electrons. The highest BCUT2D eigenvalue weighted by atomic mass is 127. The topological polar surface area (TPSA) is 69.8 Å². The van der Waals surface area contributed by atoms with Crippen LogP contribution in [0.2, 0.25) is 0 Å². The van der Waals surface area contributed by atoms with Gasteiger partial charge in [0.25, 0.3) is 0 Å². The van der Waals surface area contributed by atoms with E-state index in [0.29, 0.717) is 18.5 Å². The van der Waals surface area contributed by atoms with Crippen molar-refractivity contribution >= 4 is 35.6 Å². The van der Waals surface area contributed by atoms with Crippen molar-refractivity contribution in [3.05, 3.63) is 30.2 Å². The Labute approximate surface area is 179 Å². The van der Waals surface area contributed by atoms with Crippen LogP contribution in [0, 0.1) is 5.92 Å². The van der Waals surface area contributed by atoms with Gasteiger partial charge >= 0.3 is 0 Å². The molecule has 0 aromatic carbocycles. The van der Waals surface area contributed by atoms with Crippen LogP contribution in [-0.4, -0.2) is 57.7 Å². The van der Waals surface area contributed by atoms with Crippen molar-refractivity contribution in [2.75, 3.05) is 26.2 Å². The van der Waals surface area contributed by atoms with Gasteiger partial charge in [0.05, 0.1) is 0 Å². The average Bonchev–Trinajstić information content (AvgIpc) is 3.24. The molecule has 0 spiro atoms. The third-order valence-corrected chi connectivity index (χ3v) is 4.71. The fourth-order valence-electron chi connectivity index (χ4n) is 3.54. The molecule has 3 rings (SSSR count). The average molecular weight is 485 g/mol. The number of hydrogen-bond donors (Lipinski definition) is 2. The van der Waals surface area contributed by atoms with Gasteiger partial charge in [-0.15, -0.1) is 34.2 Å². The third-order valence-electron chi connectivity index (χ3n) is 4.71. The zero-order valence-electron chi connectivity index (χ0n) is 16.6. The second-order valence-electron chi connectivity index (χ2n) is 7.31. The molecule has 2 N–H and O–H groups in total. The highest BCUT2D eigenvalue weighted by Crippen LogP contribution is 2.17. The van der Waals surface area contributed by atoms with Gasteiger partial charge in [0.2, 0.25) is 0 Å². The van der Waals surface area contributed by atoms with Gasteiger partial charge in [-0.3, -0.25) is 9.30 Å². The number of aliphatic imine (C=N–C) groups is 1. The Bertz CT molecular complexity index is 728. The van der Waals surface area contributed by atoms with E-state index < -0.39 is 0 Å². The highest BCUT2D eigenvalue weighted by Gasteiger charge is 2.24. The molecule has 2 aromatic rings. The maximum absolute atomic E-state index is 4.71. The summed E-state index contributed by atoms with van der Waals surface area (Å²) in [6.45, 7) is 11.3. The van der Waals surface area contributed by atoms with Crippen LogP contribution in [0.25, 0.3) is 5.65 Å². The minimum atomic E-state index is 0. The van der Waals surface area contributed by atoms with Crippen molar-refractivity contribution in [1.82, 2.24) is 30.1 Å². The number of pyridine rings is 1. The van der Waals surface area contributed by atoms with E-state index in [1.54, 1.807) is 0 Å². The molecule has 0 radical (unpaired) electrons. The summed E-state index contributed by atoms with van der Waals surface area (Å²) in [5.41, 5.74) is 0.853. The third kappa shape index (κ3) is 6.03. The zero-order chi connectivity index (χ0) is 18.4. The van der Waals surface area contributed by atoms with Gasteiger partial charge in [-0.25, -0.2) is 4.99 Å². The Hall–Kier alpha value is -1.42. The molecular weight excluding hydrogens is 453 g/mol. The molecule has 0 amide bonds. The fourth-order valence-corrected chi connectivity index (χ4v) is 3.54. The van der Waals surface area contributed by atoms with Crippen LogP contribution >= 0.6 is 24.0 Å². The van der Waals surface area contributed by atoms with E-state index in [0.717, 1.165) is 30.5 Å². The number of nitrogens with one attached hydrogen (secondary N) is 2. The number of fused-ring (bicyclic) bond motifs is 1. The van der Waals surface area contributed by atoms with E-state index >= 15 is 0 Å². The molecule has 1 atom stereocenters. The number of hydrogen-bond acceptors (Lipinski definition) is 4. The van der Waals surface area contributed by atoms with Gasteiger partial charge < -0.3 is 10.6 Å². The lowest BCUT2D eigenvalue weighted by Gasteiger charge is -2.27. The molecule has 0 aliphatic carbocycles. The Balaban J connectivity index is 0.00000261. The molecule has 1 aliphatic rings. The lowest BCUT2D eigenvalue weighted by Crippen LogP contribution is -2.45. The number of rotatable bonds is 7. The Morgan fingerprint density at radius 3 is 2.93 bits per heavy atom. The van der Waals surface area contributed by atoms with E-state index in [2.05, 4.69) is 46.5 Å². The number of nitrogens with zero attached hydrogens (tertiary/aromatic N) is 5. The SMILES string of the molecule is CCNC(=NCc1nnc2ccccn12)NC[C@H]1CCCN1CC(C)C.I. The van der Waals surface area contributed by atoms with Gasteiger partial charge in [-0.1, -0.05) is 19.9 Å². The Kier molecular flexibility index (Phi) is 8.75. The van der Waals surface area contributed by atoms with Crippen LogP contribution in [0.5, 0.6) is 0 Å². The number of aromatic nitrogens is 3. The summed E-state index contributed by atoms with van der Waals surface area (Å²) in [5, 5.41) is 15.3. The maximum Gasteiger partial charge on any atom is 0.191 e. The van der Waals surface area contributed by atoms with Gasteiger partial charge in [-0.2, -0.15) is 0 Å². The predicted molar refractivity (Wildman–Crippen MR) is 121 cm³/mol. The van der Waals surface area contributed by atoms with Crippen molar-refractivity contribution < 1.29 is 0 Å². The standard InChI is InChI=1S/C19H31N7.HI/c1-4-20-19(21-12-16-8-7-10-25(16)14-15(2)3)22-13-18-24-23-17-9-5-6-11-26(17)18;/h5-6,9,11,15-16H,4,7-8,10,12-14H2,1-3H3,(H2,20,21,22);1H/t16-;/m1./s1. The minimum Gasteiger partial charge on any atom is -0.357 e. The zero-order valence-corrected chi connectivity index (χ0v) is 18.9. The molecule has 8 heteroatoms. The smallest absolute Gasteiger partial charge is 0.191 e. The van der Waals surface area contributed by atoms with Crippen LogP contribution in [0.3, 0.4) is 0 Å². The van der Waals surface area contributed by atoms with Crippen molar-refractivity contribution in [3.8, 4) is 0 Å². The molecule has 1 fully saturated rings. The number of guanidine groups is 1. The molecule has 1 aliphatic heterocycles. The minimum absolute atomic E-state index is 0. The molecule has 0 bridgehead atoms. The molecule has 7 nitrogen and oxygen atoms in total. The summed E-state index contributed by atoms with van der Waals surface area (Å²) < 4.78 is 1.98. The lowest BCUT2D eigenvalue weighted by atomic mass is 10.1. The second-order valence-corrected chi connectivity index (χ2v) is 7.31. The first-order chi connectivity index (χ1) is 12.7. The number of likely N-dealkylation sites (tertiary alicyclic amines) is 1. The van der Waals surface area contributed by atoms with Crippen LogP contribution in [0.1, 0.15) is 39.4 Å². The van der Waals surface area contributed by atoms with Crippen molar-refractivity contribution in [2.24, 2.45) is 10.9 Å². The van der Waals surface area contributed by atoms with Gasteiger partial charge in [0.15, 0.2) is 17.4 Å². The molecule has 2 aromatic heterocycles. The fraction of sp³-hybridized carbons (Fsp3) is 0.632. The lowest BCUT2D eigenvalue weighted by molar-refractivity contribution is 0.226. The van der Waals surface area contributed by atoms with Crippen LogP contribution in [0.4, 0.5) is 0 Å². The largest absolute Gasteiger partial charge is 0.357 e. The Morgan fingerprint density at radius 2 is 2.15 bits per heavy atom. The quantitative estimate of drug-likeness (QED) is 0.359. The van der Waals surface area contributed by atoms with Crippen LogP contribution in [-0.2, 0) is 6.54 Å². The predicted octanol–water partition coefficient (Wildman–Crippen LogP) is 2.52. The molecular formula is C19H32IN7. The van der Waals surface area contributed by atoms with E-state index in [1.807, 2.05) is 28.8 Å². The highest BCUT2D eigenvalue weighted by molar-refractivity contribution is 14.0. The Morgan fingerprint density at radius 1 is 1.30 bits per heavy atom. The summed E-state index contributed by atoms with van der Waals surface area (Å²) in [6.07, 6.45) is 4.52. The monoisotopic (exact) mass is 485 g/mol. The summed E-state index contributed by atoms with van der Waals surface area (Å²) in [7, 11) is 0. The molecule has 1 saturated heterocycles. The first kappa shape index (κ1) is 21.9. The van der Waals surface area contributed by atoms with Gasteiger partial charge in [0, 0.05) is 31.9 Å². The normalized spacial score (nSPS) is 18.1. The summed E-state index contributed by atoms with van der Waals surface area (Å²) in [4.78, 5) is 7.31. The van der Waals surface area contributed by atoms with Gasteiger partial charge in [-0.05, 0) is 44.4 Å². The second kappa shape index (κ2) is 10.8. The molecule has 0 unspecified atom stereocenters. The summed E-state index contributed by atoms with van der Waals surface area (Å²) in [5.74, 6) is 2.40. The van der Waals surface area contributed by atoms with Crippen LogP contribution in [0.15, 0.2) is 29.4 Å². The van der Waals surface area contributed by atoms with E-state index in [9.17, 15) is 0 Å². The molecule has 27 heavy (non-hydrogen) atoms. The van der Waals surface area contributed by atoms with E-state index in [1.165, 1.54) is 25.9 Å². The summed E-state index contributed by atoms with van der Waals surface area (Å²) in [6, 6.07) is 6.49. The van der Waals surface area contributed by atoms with Crippen molar-refractivity contribution in [2.45, 2.75) is 46.2 Å². The first-order valence-corrected chi connectivity index (χ1v) is 9.72. The van der Waals surface area contributed by atoms with E-state index in [-0.39, 0.29) is 24.0 Å².